The molecule has 23 N–H and O–H groups in total. The van der Waals surface area contributed by atoms with Gasteiger partial charge in [-0.05, 0) is 114 Å². The summed E-state index contributed by atoms with van der Waals surface area (Å²) in [6, 6.07) is -14.3. The lowest BCUT2D eigenvalue weighted by molar-refractivity contribution is -0.143. The molecule has 0 heterocycles. The minimum absolute atomic E-state index is 0.0191. The molecular formula is C52H97N15O15S. The molecule has 0 aliphatic rings. The zero-order chi connectivity index (χ0) is 63.5. The fraction of sp³-hybridized carbons (Fsp3) is 0.769. The summed E-state index contributed by atoms with van der Waals surface area (Å²) in [5.41, 5.74) is 28.1. The van der Waals surface area contributed by atoms with Crippen LogP contribution in [-0.4, -0.2) is 196 Å². The van der Waals surface area contributed by atoms with Crippen molar-refractivity contribution in [2.24, 2.45) is 51.4 Å². The highest BCUT2D eigenvalue weighted by Gasteiger charge is 2.38. The maximum atomic E-state index is 14.0. The summed E-state index contributed by atoms with van der Waals surface area (Å²) in [6.07, 6.45) is 1.78. The van der Waals surface area contributed by atoms with E-state index in [2.05, 4.69) is 52.8 Å². The zero-order valence-corrected chi connectivity index (χ0v) is 50.1. The van der Waals surface area contributed by atoms with Crippen molar-refractivity contribution < 1.29 is 73.2 Å². The molecule has 0 fully saturated rings. The Balaban J connectivity index is 6.66. The molecule has 0 aromatic rings. The Hall–Kier alpha value is -6.41. The third kappa shape index (κ3) is 30.6. The van der Waals surface area contributed by atoms with E-state index in [-0.39, 0.29) is 56.9 Å². The Labute approximate surface area is 490 Å². The van der Waals surface area contributed by atoms with E-state index in [0.29, 0.717) is 50.9 Å². The van der Waals surface area contributed by atoms with Crippen LogP contribution in [0.25, 0.3) is 0 Å². The smallest absolute Gasteiger partial charge is 0.326 e. The molecule has 30 nitrogen and oxygen atoms in total. The Morgan fingerprint density at radius 2 is 0.952 bits per heavy atom. The van der Waals surface area contributed by atoms with Crippen molar-refractivity contribution in [2.75, 3.05) is 38.2 Å². The second-order valence-corrected chi connectivity index (χ2v) is 22.2. The third-order valence-electron chi connectivity index (χ3n) is 13.2. The molecule has 0 aromatic carbocycles. The first-order chi connectivity index (χ1) is 39.0. The van der Waals surface area contributed by atoms with Gasteiger partial charge < -0.3 is 96.9 Å². The summed E-state index contributed by atoms with van der Waals surface area (Å²) < 4.78 is 0. The average Bonchev–Trinajstić information content (AvgIpc) is 3.55. The van der Waals surface area contributed by atoms with Crippen molar-refractivity contribution in [3.63, 3.8) is 0 Å². The quantitative estimate of drug-likeness (QED) is 0.0156. The van der Waals surface area contributed by atoms with Crippen molar-refractivity contribution in [3.8, 4) is 0 Å². The zero-order valence-electron chi connectivity index (χ0n) is 49.3. The van der Waals surface area contributed by atoms with E-state index in [1.54, 1.807) is 47.8 Å². The van der Waals surface area contributed by atoms with Crippen LogP contribution in [0.5, 0.6) is 0 Å². The summed E-state index contributed by atoms with van der Waals surface area (Å²) in [7, 11) is 0. The number of carboxylic acid groups (broad SMARTS) is 2. The summed E-state index contributed by atoms with van der Waals surface area (Å²) in [5.74, 6) is -12.2. The van der Waals surface area contributed by atoms with Gasteiger partial charge in [0.05, 0.1) is 18.8 Å². The number of hydrogen-bond donors (Lipinski definition) is 18. The van der Waals surface area contributed by atoms with Gasteiger partial charge in [0.15, 0.2) is 5.96 Å². The molecule has 0 spiro atoms. The predicted molar refractivity (Wildman–Crippen MR) is 311 cm³/mol. The number of amides is 9. The molecule has 0 aliphatic heterocycles. The molecule has 0 radical (unpaired) electrons. The molecular weight excluding hydrogens is 1110 g/mol. The normalized spacial score (nSPS) is 15.6. The second kappa shape index (κ2) is 41.6. The van der Waals surface area contributed by atoms with E-state index in [9.17, 15) is 73.2 Å². The van der Waals surface area contributed by atoms with Crippen LogP contribution in [0.15, 0.2) is 4.99 Å². The molecule has 31 heteroatoms. The number of carbonyl (C=O) groups is 11. The van der Waals surface area contributed by atoms with Crippen LogP contribution in [0, 0.1) is 17.8 Å². The third-order valence-corrected chi connectivity index (χ3v) is 13.9. The van der Waals surface area contributed by atoms with E-state index in [1.165, 1.54) is 11.8 Å². The predicted octanol–water partition coefficient (Wildman–Crippen LogP) is -4.19. The van der Waals surface area contributed by atoms with Gasteiger partial charge in [0.25, 0.3) is 0 Å². The average molecular weight is 1200 g/mol. The fourth-order valence-electron chi connectivity index (χ4n) is 8.11. The molecule has 0 unspecified atom stereocenters. The monoisotopic (exact) mass is 1200 g/mol. The molecule has 0 aliphatic carbocycles. The first kappa shape index (κ1) is 76.6. The Morgan fingerprint density at radius 1 is 0.518 bits per heavy atom. The molecule has 0 saturated heterocycles. The van der Waals surface area contributed by atoms with Gasteiger partial charge in [0, 0.05) is 13.0 Å². The minimum atomic E-state index is -1.87. The first-order valence-corrected chi connectivity index (χ1v) is 29.6. The number of nitrogens with one attached hydrogen (secondary N) is 9. The minimum Gasteiger partial charge on any atom is -0.481 e. The number of aliphatic hydroxyl groups excluding tert-OH is 2. The van der Waals surface area contributed by atoms with E-state index in [0.717, 1.165) is 6.92 Å². The molecule has 9 amide bonds. The lowest BCUT2D eigenvalue weighted by Crippen LogP contribution is -2.63. The first-order valence-electron chi connectivity index (χ1n) is 28.2. The van der Waals surface area contributed by atoms with E-state index < -0.39 is 163 Å². The number of nitrogens with two attached hydrogens (primary N) is 5. The lowest BCUT2D eigenvalue weighted by Gasteiger charge is -2.30. The van der Waals surface area contributed by atoms with E-state index >= 15 is 0 Å². The van der Waals surface area contributed by atoms with Crippen LogP contribution in [0.2, 0.25) is 0 Å². The number of guanidine groups is 1. The molecule has 476 valence electrons. The number of aliphatic imine (C=N–C) groups is 1. The topological polar surface area (TPSA) is 519 Å². The highest BCUT2D eigenvalue weighted by atomic mass is 32.2. The number of unbranched alkanes of at least 4 members (excludes halogenated alkanes) is 2. The van der Waals surface area contributed by atoms with Gasteiger partial charge in [-0.25, -0.2) is 4.79 Å². The fourth-order valence-corrected chi connectivity index (χ4v) is 8.58. The number of hydrogen-bond acceptors (Lipinski definition) is 18. The van der Waals surface area contributed by atoms with Crippen molar-refractivity contribution in [1.29, 1.82) is 0 Å². The molecule has 0 rings (SSSR count). The summed E-state index contributed by atoms with van der Waals surface area (Å²) in [6.45, 7) is 10.8. The van der Waals surface area contributed by atoms with Crippen molar-refractivity contribution in [2.45, 2.75) is 198 Å². The van der Waals surface area contributed by atoms with Gasteiger partial charge in [-0.1, -0.05) is 54.4 Å². The Morgan fingerprint density at radius 3 is 1.45 bits per heavy atom. The van der Waals surface area contributed by atoms with Crippen LogP contribution in [0.4, 0.5) is 0 Å². The number of carboxylic acids is 2. The second-order valence-electron chi connectivity index (χ2n) is 21.2. The molecule has 0 bridgehead atoms. The number of rotatable bonds is 44. The lowest BCUT2D eigenvalue weighted by atomic mass is 9.96. The Bertz CT molecular complexity index is 2120. The summed E-state index contributed by atoms with van der Waals surface area (Å²) in [4.78, 5) is 152. The number of thioether (sulfide) groups is 1. The summed E-state index contributed by atoms with van der Waals surface area (Å²) in [5, 5.41) is 62.9. The van der Waals surface area contributed by atoms with Crippen LogP contribution in [-0.2, 0) is 52.7 Å². The van der Waals surface area contributed by atoms with E-state index in [4.69, 9.17) is 28.7 Å². The van der Waals surface area contributed by atoms with Gasteiger partial charge in [-0.3, -0.25) is 52.9 Å². The molecule has 12 atom stereocenters. The highest BCUT2D eigenvalue weighted by molar-refractivity contribution is 7.98. The number of aliphatic carboxylic acids is 2. The molecule has 83 heavy (non-hydrogen) atoms. The van der Waals surface area contributed by atoms with Gasteiger partial charge in [-0.2, -0.15) is 11.8 Å². The van der Waals surface area contributed by atoms with Gasteiger partial charge >= 0.3 is 11.9 Å². The Kier molecular flexibility index (Phi) is 38.4. The number of nitrogens with zero attached hydrogens (tertiary/aromatic N) is 1. The highest BCUT2D eigenvalue weighted by Crippen LogP contribution is 2.14. The maximum Gasteiger partial charge on any atom is 0.326 e. The maximum absolute atomic E-state index is 14.0. The molecule has 0 aromatic heterocycles. The van der Waals surface area contributed by atoms with Crippen molar-refractivity contribution >= 4 is 82.8 Å². The summed E-state index contributed by atoms with van der Waals surface area (Å²) >= 11 is 1.35. The van der Waals surface area contributed by atoms with Gasteiger partial charge in [0.2, 0.25) is 53.2 Å². The van der Waals surface area contributed by atoms with Crippen LogP contribution in [0.3, 0.4) is 0 Å². The number of aliphatic hydroxyl groups is 2. The number of carbonyl (C=O) groups excluding carboxylic acids is 9. The molecule has 0 saturated carbocycles. The van der Waals surface area contributed by atoms with Crippen molar-refractivity contribution in [1.82, 2.24) is 47.9 Å². The van der Waals surface area contributed by atoms with Gasteiger partial charge in [-0.15, -0.1) is 0 Å². The van der Waals surface area contributed by atoms with E-state index in [1.807, 2.05) is 0 Å². The van der Waals surface area contributed by atoms with Crippen LogP contribution in [0.1, 0.15) is 132 Å². The van der Waals surface area contributed by atoms with Gasteiger partial charge in [0.1, 0.15) is 54.4 Å². The largest absolute Gasteiger partial charge is 0.481 e. The SMILES string of the molecule is CC[C@H](C)[C@H](NC(=O)[C@H](CCSC)NC(=O)[C@@H](NC(=O)[C@@H](NC(=O)[C@H](CO)NC(=O)[C@H](CCCN=C(N)N)NC(=O)[C@H](CCC(=O)O)NC(=O)[C@H](CC(C)C)NC(=O)[C@@H](N)CCCCN)[C@@H](C)O)C(C)C)C(=O)N[C@@H](CCCCN)C(=O)O. The van der Waals surface area contributed by atoms with Crippen LogP contribution < -0.4 is 76.5 Å². The van der Waals surface area contributed by atoms with Crippen molar-refractivity contribution in [3.05, 3.63) is 0 Å². The van der Waals surface area contributed by atoms with Crippen LogP contribution >= 0.6 is 11.8 Å². The standard InChI is InChI=1S/C52H97N15O15S/c1-9-29(6)40(49(79)62-35(51(81)82)16-11-13-22-54)66-45(75)34(20-24-83-8)61-48(78)39(28(4)5)65-50(80)41(30(7)69)67-47(77)37(26-68)64-43(73)32(17-14-23-58-52(56)57)59-44(74)33(18-19-38(70)71)60-46(76)36(25-27(2)3)63-42(72)31(55)15-10-12-21-53/h27-37,39-41,68-69H,9-26,53-55H2,1-8H3,(H,59,74)(H,60,76)(H,61,78)(H,62,79)(H,63,72)(H,64,73)(H,65,80)(H,66,75)(H,67,77)(H,70,71)(H,81,82)(H4,56,57,58)/t29-,30+,31-,32-,33-,34-,35-,36-,37-,39-,40-,41-/m0/s1.